The molecule has 0 saturated heterocycles. The molecule has 1 saturated carbocycles. The molecule has 2 aliphatic carbocycles. The Balaban J connectivity index is 0.00000165. The van der Waals surface area contributed by atoms with E-state index in [2.05, 4.69) is 40.8 Å². The Morgan fingerprint density at radius 3 is 2.63 bits per heavy atom. The zero-order valence-corrected chi connectivity index (χ0v) is 26.0. The van der Waals surface area contributed by atoms with Crippen LogP contribution in [0.5, 0.6) is 5.75 Å². The molecule has 0 radical (unpaired) electrons. The fraction of sp³-hybridized carbons (Fsp3) is 0.545. The number of rotatable bonds is 0. The lowest BCUT2D eigenvalue weighted by Gasteiger charge is -2.44. The molecule has 0 aromatic heterocycles. The number of allylic oxidation sites excluding steroid dienone is 2. The molecule has 1 fully saturated rings. The maximum atomic E-state index is 13.3. The summed E-state index contributed by atoms with van der Waals surface area (Å²) in [4.78, 5) is 15.8. The number of nitrogens with one attached hydrogen (secondary N) is 1. The van der Waals surface area contributed by atoms with Crippen LogP contribution in [0.3, 0.4) is 0 Å². The molecule has 222 valence electrons. The standard InChI is InChI=1S/C32H39ClN2O3S.CH4O/c1-21-6-3-4-7-23-9-10-26(23)18-35-19-32(15-5-8-24-16-27(33)12-13-28(24)32)20-38-30-14-11-25(17-29(30)35)31(36)34-39(37)22(21)2;1-2/h3-4,11-14,16-17,21-23,26H,5-10,15,18-20H2,1-2H3,(H,34,36);2H,1H3/b4-3+;/t21?,22?,23?,26?,32-,39?;/m0./s1. The van der Waals surface area contributed by atoms with E-state index in [0.717, 1.165) is 68.8 Å². The lowest BCUT2D eigenvalue weighted by molar-refractivity contribution is 0.0982. The molecule has 4 aliphatic rings. The SMILES string of the molecule is CC1C/C=C/CC2CCC2CN2C[C@@]3(CCCc4cc(Cl)ccc43)COc3ccc(cc32)C(=O)NS(=O)C1C.CO. The summed E-state index contributed by atoms with van der Waals surface area (Å²) in [5.74, 6) is 2.02. The average molecular weight is 599 g/mol. The van der Waals surface area contributed by atoms with Crippen LogP contribution in [-0.2, 0) is 22.8 Å². The first-order valence-corrected chi connectivity index (χ1v) is 16.5. The van der Waals surface area contributed by atoms with Crippen LogP contribution >= 0.6 is 11.6 Å². The first kappa shape index (κ1) is 30.1. The van der Waals surface area contributed by atoms with Crippen LogP contribution in [-0.4, -0.2) is 47.3 Å². The number of carbonyl (C=O) groups is 1. The Hall–Kier alpha value is -2.35. The predicted molar refractivity (Wildman–Crippen MR) is 167 cm³/mol. The van der Waals surface area contributed by atoms with E-state index in [9.17, 15) is 9.00 Å². The lowest BCUT2D eigenvalue weighted by atomic mass is 9.69. The number of aliphatic hydroxyl groups excluding tert-OH is 1. The fourth-order valence-electron chi connectivity index (χ4n) is 6.95. The number of carbonyl (C=O) groups excluding carboxylic acids is 1. The fourth-order valence-corrected chi connectivity index (χ4v) is 8.17. The summed E-state index contributed by atoms with van der Waals surface area (Å²) in [6, 6.07) is 12.0. The van der Waals surface area contributed by atoms with E-state index in [1.807, 2.05) is 31.2 Å². The summed E-state index contributed by atoms with van der Waals surface area (Å²) < 4.78 is 22.4. The average Bonchev–Trinajstić information content (AvgIpc) is 3.12. The molecule has 2 bridgehead atoms. The van der Waals surface area contributed by atoms with Crippen molar-refractivity contribution in [2.24, 2.45) is 17.8 Å². The Kier molecular flexibility index (Phi) is 9.47. The largest absolute Gasteiger partial charge is 0.490 e. The first-order chi connectivity index (χ1) is 19.8. The van der Waals surface area contributed by atoms with E-state index in [4.69, 9.17) is 21.4 Å². The summed E-state index contributed by atoms with van der Waals surface area (Å²) in [7, 11) is -0.459. The number of anilines is 1. The summed E-state index contributed by atoms with van der Waals surface area (Å²) >= 11 is 6.40. The van der Waals surface area contributed by atoms with Crippen LogP contribution in [0, 0.1) is 17.8 Å². The highest BCUT2D eigenvalue weighted by atomic mass is 35.5. The number of halogens is 1. The van der Waals surface area contributed by atoms with Gasteiger partial charge in [-0.3, -0.25) is 9.52 Å². The number of ether oxygens (including phenoxy) is 1. The van der Waals surface area contributed by atoms with Gasteiger partial charge in [-0.2, -0.15) is 0 Å². The van der Waals surface area contributed by atoms with Crippen molar-refractivity contribution in [2.75, 3.05) is 31.7 Å². The van der Waals surface area contributed by atoms with Gasteiger partial charge in [0.2, 0.25) is 0 Å². The van der Waals surface area contributed by atoms with Gasteiger partial charge in [0.1, 0.15) is 16.7 Å². The van der Waals surface area contributed by atoms with E-state index in [0.29, 0.717) is 24.0 Å². The zero-order chi connectivity index (χ0) is 29.1. The van der Waals surface area contributed by atoms with Crippen molar-refractivity contribution < 1.29 is 18.8 Å². The Morgan fingerprint density at radius 2 is 1.85 bits per heavy atom. The molecule has 2 aromatic rings. The summed E-state index contributed by atoms with van der Waals surface area (Å²) in [5, 5.41) is 7.65. The third-order valence-electron chi connectivity index (χ3n) is 9.77. The summed E-state index contributed by atoms with van der Waals surface area (Å²) in [6.07, 6.45) is 12.2. The molecule has 2 aromatic carbocycles. The number of hydrogen-bond acceptors (Lipinski definition) is 5. The minimum absolute atomic E-state index is 0.132. The van der Waals surface area contributed by atoms with Crippen molar-refractivity contribution in [1.29, 1.82) is 0 Å². The number of aliphatic hydroxyl groups is 1. The van der Waals surface area contributed by atoms with Gasteiger partial charge >= 0.3 is 0 Å². The van der Waals surface area contributed by atoms with Crippen molar-refractivity contribution in [2.45, 2.75) is 69.5 Å². The summed E-state index contributed by atoms with van der Waals surface area (Å²) in [6.45, 7) is 6.47. The third-order valence-corrected chi connectivity index (χ3v) is 11.5. The maximum Gasteiger partial charge on any atom is 0.263 e. The third kappa shape index (κ3) is 6.23. The number of hydrogen-bond donors (Lipinski definition) is 2. The van der Waals surface area contributed by atoms with Crippen LogP contribution in [0.4, 0.5) is 5.69 Å². The quantitative estimate of drug-likeness (QED) is 0.352. The minimum Gasteiger partial charge on any atom is -0.490 e. The second-order valence-electron chi connectivity index (χ2n) is 12.2. The van der Waals surface area contributed by atoms with Gasteiger partial charge in [0, 0.05) is 36.2 Å². The van der Waals surface area contributed by atoms with Gasteiger partial charge in [-0.05, 0) is 111 Å². The maximum absolute atomic E-state index is 13.3. The van der Waals surface area contributed by atoms with Crippen LogP contribution < -0.4 is 14.4 Å². The first-order valence-electron chi connectivity index (χ1n) is 14.9. The molecule has 5 unspecified atom stereocenters. The van der Waals surface area contributed by atoms with Crippen molar-refractivity contribution in [1.82, 2.24) is 4.72 Å². The molecular weight excluding hydrogens is 556 g/mol. The topological polar surface area (TPSA) is 78.9 Å². The van der Waals surface area contributed by atoms with E-state index in [1.54, 1.807) is 0 Å². The van der Waals surface area contributed by atoms with E-state index in [-0.39, 0.29) is 22.5 Å². The number of benzene rings is 2. The van der Waals surface area contributed by atoms with Gasteiger partial charge in [-0.1, -0.05) is 36.7 Å². The van der Waals surface area contributed by atoms with Crippen LogP contribution in [0.1, 0.15) is 73.9 Å². The Labute approximate surface area is 252 Å². The molecule has 2 heterocycles. The molecule has 8 heteroatoms. The zero-order valence-electron chi connectivity index (χ0n) is 24.4. The highest BCUT2D eigenvalue weighted by Gasteiger charge is 2.43. The molecular formula is C33H43ClN2O4S. The Morgan fingerprint density at radius 1 is 1.07 bits per heavy atom. The number of fused-ring (bicyclic) bond motifs is 4. The lowest BCUT2D eigenvalue weighted by Crippen LogP contribution is -2.48. The van der Waals surface area contributed by atoms with Crippen LogP contribution in [0.2, 0.25) is 5.02 Å². The highest BCUT2D eigenvalue weighted by molar-refractivity contribution is 7.84. The number of aryl methyl sites for hydroxylation is 1. The molecule has 1 spiro atoms. The van der Waals surface area contributed by atoms with Crippen molar-refractivity contribution in [3.05, 3.63) is 70.3 Å². The van der Waals surface area contributed by atoms with Crippen LogP contribution in [0.15, 0.2) is 48.6 Å². The van der Waals surface area contributed by atoms with Crippen molar-refractivity contribution in [3.63, 3.8) is 0 Å². The second kappa shape index (κ2) is 12.9. The van der Waals surface area contributed by atoms with E-state index >= 15 is 0 Å². The van der Waals surface area contributed by atoms with E-state index in [1.165, 1.54) is 24.0 Å². The molecule has 1 amide bonds. The molecule has 2 N–H and O–H groups in total. The Bertz CT molecular complexity index is 1320. The normalized spacial score (nSPS) is 32.1. The molecule has 6 nitrogen and oxygen atoms in total. The second-order valence-corrected chi connectivity index (χ2v) is 14.2. The smallest absolute Gasteiger partial charge is 0.263 e. The van der Waals surface area contributed by atoms with Gasteiger partial charge in [0.25, 0.3) is 5.91 Å². The molecule has 6 atom stereocenters. The molecule has 2 aliphatic heterocycles. The van der Waals surface area contributed by atoms with Gasteiger partial charge in [0.05, 0.1) is 17.5 Å². The highest BCUT2D eigenvalue weighted by Crippen LogP contribution is 2.46. The van der Waals surface area contributed by atoms with E-state index < -0.39 is 11.0 Å². The number of amides is 1. The molecule has 41 heavy (non-hydrogen) atoms. The van der Waals surface area contributed by atoms with Gasteiger partial charge < -0.3 is 14.7 Å². The van der Waals surface area contributed by atoms with Gasteiger partial charge in [-0.25, -0.2) is 4.21 Å². The molecule has 6 rings (SSSR count). The minimum atomic E-state index is -1.46. The monoisotopic (exact) mass is 598 g/mol. The van der Waals surface area contributed by atoms with Crippen LogP contribution in [0.25, 0.3) is 0 Å². The van der Waals surface area contributed by atoms with Gasteiger partial charge in [-0.15, -0.1) is 0 Å². The van der Waals surface area contributed by atoms with Crippen molar-refractivity contribution >= 4 is 34.2 Å². The van der Waals surface area contributed by atoms with Gasteiger partial charge in [0.15, 0.2) is 0 Å². The summed E-state index contributed by atoms with van der Waals surface area (Å²) in [5.41, 5.74) is 4.05. The van der Waals surface area contributed by atoms with Crippen molar-refractivity contribution in [3.8, 4) is 5.75 Å². The predicted octanol–water partition coefficient (Wildman–Crippen LogP) is 6.22. The number of nitrogens with zero attached hydrogens (tertiary/aromatic N) is 1.